The number of aryl methyl sites for hydroxylation is 1. The monoisotopic (exact) mass is 301 g/mol. The van der Waals surface area contributed by atoms with E-state index in [1.807, 2.05) is 19.1 Å². The lowest BCUT2D eigenvalue weighted by Gasteiger charge is -2.14. The maximum absolute atomic E-state index is 12.4. The SMILES string of the molecule is Cc1ccc(N)c(NS(=O)(=O)c2cccc(C#N)c2)c1C. The fraction of sp³-hybridized carbons (Fsp3) is 0.133. The van der Waals surface area contributed by atoms with E-state index in [9.17, 15) is 8.42 Å². The molecule has 0 spiro atoms. The number of nitrogen functional groups attached to an aromatic ring is 1. The zero-order valence-electron chi connectivity index (χ0n) is 11.7. The highest BCUT2D eigenvalue weighted by atomic mass is 32.2. The van der Waals surface area contributed by atoms with Crippen LogP contribution in [-0.4, -0.2) is 8.42 Å². The predicted octanol–water partition coefficient (Wildman–Crippen LogP) is 2.56. The Morgan fingerprint density at radius 2 is 1.90 bits per heavy atom. The van der Waals surface area contributed by atoms with E-state index >= 15 is 0 Å². The summed E-state index contributed by atoms with van der Waals surface area (Å²) < 4.78 is 27.3. The molecule has 0 atom stereocenters. The second-order valence-electron chi connectivity index (χ2n) is 4.72. The number of nitrogens with one attached hydrogen (secondary N) is 1. The van der Waals surface area contributed by atoms with Gasteiger partial charge in [-0.1, -0.05) is 12.1 Å². The highest BCUT2D eigenvalue weighted by Crippen LogP contribution is 2.28. The Bertz CT molecular complexity index is 836. The Hall–Kier alpha value is -2.52. The lowest BCUT2D eigenvalue weighted by atomic mass is 10.1. The number of nitriles is 1. The van der Waals surface area contributed by atoms with E-state index in [2.05, 4.69) is 4.72 Å². The third-order valence-electron chi connectivity index (χ3n) is 3.28. The van der Waals surface area contributed by atoms with Crippen LogP contribution in [0.3, 0.4) is 0 Å². The van der Waals surface area contributed by atoms with Crippen LogP contribution in [0.5, 0.6) is 0 Å². The number of hydrogen-bond donors (Lipinski definition) is 2. The van der Waals surface area contributed by atoms with Gasteiger partial charge in [-0.05, 0) is 49.2 Å². The maximum Gasteiger partial charge on any atom is 0.262 e. The lowest BCUT2D eigenvalue weighted by Crippen LogP contribution is -2.15. The molecule has 0 aliphatic carbocycles. The van der Waals surface area contributed by atoms with Crippen molar-refractivity contribution in [2.75, 3.05) is 10.5 Å². The number of nitrogens with two attached hydrogens (primary N) is 1. The van der Waals surface area contributed by atoms with E-state index in [0.29, 0.717) is 11.4 Å². The van der Waals surface area contributed by atoms with Crippen LogP contribution in [0.25, 0.3) is 0 Å². The van der Waals surface area contributed by atoms with Crippen LogP contribution < -0.4 is 10.5 Å². The summed E-state index contributed by atoms with van der Waals surface area (Å²) in [6.45, 7) is 3.68. The second kappa shape index (κ2) is 5.46. The average Bonchev–Trinajstić information content (AvgIpc) is 2.48. The lowest BCUT2D eigenvalue weighted by molar-refractivity contribution is 0.601. The highest BCUT2D eigenvalue weighted by Gasteiger charge is 2.18. The van der Waals surface area contributed by atoms with E-state index in [0.717, 1.165) is 11.1 Å². The molecule has 2 rings (SSSR count). The van der Waals surface area contributed by atoms with Gasteiger partial charge >= 0.3 is 0 Å². The minimum Gasteiger partial charge on any atom is -0.397 e. The van der Waals surface area contributed by atoms with Crippen LogP contribution >= 0.6 is 0 Å². The standard InChI is InChI=1S/C15H15N3O2S/c1-10-6-7-14(17)15(11(10)2)18-21(19,20)13-5-3-4-12(8-13)9-16/h3-8,18H,17H2,1-2H3. The predicted molar refractivity (Wildman–Crippen MR) is 82.3 cm³/mol. The van der Waals surface area contributed by atoms with Crippen molar-refractivity contribution in [1.29, 1.82) is 5.26 Å². The summed E-state index contributed by atoms with van der Waals surface area (Å²) in [6, 6.07) is 11.2. The fourth-order valence-electron chi connectivity index (χ4n) is 1.90. The molecule has 5 nitrogen and oxygen atoms in total. The molecule has 6 heteroatoms. The Morgan fingerprint density at radius 1 is 1.19 bits per heavy atom. The van der Waals surface area contributed by atoms with E-state index in [1.165, 1.54) is 18.2 Å². The molecule has 0 fully saturated rings. The maximum atomic E-state index is 12.4. The first kappa shape index (κ1) is 14.9. The van der Waals surface area contributed by atoms with Crippen molar-refractivity contribution < 1.29 is 8.42 Å². The van der Waals surface area contributed by atoms with Gasteiger partial charge in [-0.3, -0.25) is 4.72 Å². The number of benzene rings is 2. The molecule has 21 heavy (non-hydrogen) atoms. The normalized spacial score (nSPS) is 10.9. The molecule has 0 aromatic heterocycles. The van der Waals surface area contributed by atoms with Crippen LogP contribution in [0.15, 0.2) is 41.3 Å². The van der Waals surface area contributed by atoms with Crippen LogP contribution in [-0.2, 0) is 10.0 Å². The molecule has 0 saturated heterocycles. The van der Waals surface area contributed by atoms with Gasteiger partial charge in [0.2, 0.25) is 0 Å². The third kappa shape index (κ3) is 2.98. The molecule has 0 bridgehead atoms. The Kier molecular flexibility index (Phi) is 3.87. The van der Waals surface area contributed by atoms with Gasteiger partial charge in [0.25, 0.3) is 10.0 Å². The highest BCUT2D eigenvalue weighted by molar-refractivity contribution is 7.92. The van der Waals surface area contributed by atoms with E-state index in [-0.39, 0.29) is 10.5 Å². The number of rotatable bonds is 3. The molecular weight excluding hydrogens is 286 g/mol. The van der Waals surface area contributed by atoms with Crippen molar-refractivity contribution in [1.82, 2.24) is 0 Å². The van der Waals surface area contributed by atoms with E-state index in [4.69, 9.17) is 11.0 Å². The number of hydrogen-bond acceptors (Lipinski definition) is 4. The van der Waals surface area contributed by atoms with Crippen LogP contribution in [0, 0.1) is 25.2 Å². The van der Waals surface area contributed by atoms with Crippen molar-refractivity contribution in [3.63, 3.8) is 0 Å². The van der Waals surface area contributed by atoms with Gasteiger partial charge in [-0.2, -0.15) is 5.26 Å². The first-order chi connectivity index (χ1) is 9.85. The molecule has 2 aromatic carbocycles. The van der Waals surface area contributed by atoms with Crippen LogP contribution in [0.1, 0.15) is 16.7 Å². The Balaban J connectivity index is 2.48. The fourth-order valence-corrected chi connectivity index (χ4v) is 3.10. The molecule has 0 radical (unpaired) electrons. The number of nitrogens with zero attached hydrogens (tertiary/aromatic N) is 1. The summed E-state index contributed by atoms with van der Waals surface area (Å²) in [5, 5.41) is 8.86. The van der Waals surface area contributed by atoms with Gasteiger partial charge in [-0.15, -0.1) is 0 Å². The summed E-state index contributed by atoms with van der Waals surface area (Å²) >= 11 is 0. The molecule has 0 aliphatic rings. The zero-order chi connectivity index (χ0) is 15.6. The Morgan fingerprint density at radius 3 is 2.57 bits per heavy atom. The molecule has 108 valence electrons. The first-order valence-electron chi connectivity index (χ1n) is 6.24. The molecule has 0 unspecified atom stereocenters. The van der Waals surface area contributed by atoms with Gasteiger partial charge in [-0.25, -0.2) is 8.42 Å². The molecule has 3 N–H and O–H groups in total. The van der Waals surface area contributed by atoms with Crippen molar-refractivity contribution in [3.8, 4) is 6.07 Å². The van der Waals surface area contributed by atoms with Crippen LogP contribution in [0.2, 0.25) is 0 Å². The van der Waals surface area contributed by atoms with Crippen molar-refractivity contribution in [2.45, 2.75) is 18.7 Å². The minimum absolute atomic E-state index is 0.0295. The number of sulfonamides is 1. The third-order valence-corrected chi connectivity index (χ3v) is 4.63. The molecule has 0 amide bonds. The molecule has 2 aromatic rings. The number of anilines is 2. The second-order valence-corrected chi connectivity index (χ2v) is 6.40. The van der Waals surface area contributed by atoms with Gasteiger partial charge < -0.3 is 5.73 Å². The summed E-state index contributed by atoms with van der Waals surface area (Å²) in [6.07, 6.45) is 0. The Labute approximate surface area is 124 Å². The van der Waals surface area contributed by atoms with Crippen molar-refractivity contribution in [2.24, 2.45) is 0 Å². The summed E-state index contributed by atoms with van der Waals surface area (Å²) in [5.74, 6) is 0. The molecular formula is C15H15N3O2S. The van der Waals surface area contributed by atoms with E-state index in [1.54, 1.807) is 19.1 Å². The largest absolute Gasteiger partial charge is 0.397 e. The average molecular weight is 301 g/mol. The zero-order valence-corrected chi connectivity index (χ0v) is 12.5. The van der Waals surface area contributed by atoms with Crippen LogP contribution in [0.4, 0.5) is 11.4 Å². The summed E-state index contributed by atoms with van der Waals surface area (Å²) in [7, 11) is -3.79. The molecule has 0 saturated carbocycles. The van der Waals surface area contributed by atoms with Crippen molar-refractivity contribution >= 4 is 21.4 Å². The van der Waals surface area contributed by atoms with Gasteiger partial charge in [0.15, 0.2) is 0 Å². The quantitative estimate of drug-likeness (QED) is 0.851. The van der Waals surface area contributed by atoms with E-state index < -0.39 is 10.0 Å². The van der Waals surface area contributed by atoms with Gasteiger partial charge in [0, 0.05) is 0 Å². The summed E-state index contributed by atoms with van der Waals surface area (Å²) in [5.41, 5.74) is 8.58. The minimum atomic E-state index is -3.79. The smallest absolute Gasteiger partial charge is 0.262 e. The first-order valence-corrected chi connectivity index (χ1v) is 7.72. The molecule has 0 heterocycles. The van der Waals surface area contributed by atoms with Gasteiger partial charge in [0.05, 0.1) is 27.9 Å². The topological polar surface area (TPSA) is 96.0 Å². The summed E-state index contributed by atoms with van der Waals surface area (Å²) in [4.78, 5) is 0.0295. The van der Waals surface area contributed by atoms with Crippen molar-refractivity contribution in [3.05, 3.63) is 53.1 Å². The van der Waals surface area contributed by atoms with Gasteiger partial charge in [0.1, 0.15) is 0 Å². The molecule has 0 aliphatic heterocycles.